The molecule has 0 aliphatic heterocycles. The fraction of sp³-hybridized carbons (Fsp3) is 0.167. The van der Waals surface area contributed by atoms with E-state index < -0.39 is 16.9 Å². The molecule has 3 nitrogen and oxygen atoms in total. The molecule has 0 aliphatic carbocycles. The number of rotatable bonds is 2. The van der Waals surface area contributed by atoms with Crippen molar-refractivity contribution >= 4 is 11.6 Å². The van der Waals surface area contributed by atoms with E-state index >= 15 is 0 Å². The van der Waals surface area contributed by atoms with Crippen LogP contribution < -0.4 is 4.74 Å². The molecule has 0 unspecified atom stereocenters. The van der Waals surface area contributed by atoms with E-state index in [1.807, 2.05) is 0 Å². The van der Waals surface area contributed by atoms with Crippen molar-refractivity contribution in [2.45, 2.75) is 6.18 Å². The van der Waals surface area contributed by atoms with Crippen LogP contribution in [0.4, 0.5) is 13.2 Å². The van der Waals surface area contributed by atoms with Crippen molar-refractivity contribution in [3.63, 3.8) is 0 Å². The standard InChI is InChI=1S/C12H8ClF3N2O/c1-19-8-4-2-7(3-5-8)10-9(13)11(12(14,15)16)18-6-17-10/h2-6H,1H3. The number of halogens is 4. The second kappa shape index (κ2) is 5.05. The minimum Gasteiger partial charge on any atom is -0.497 e. The lowest BCUT2D eigenvalue weighted by Crippen LogP contribution is -2.10. The zero-order chi connectivity index (χ0) is 14.0. The Labute approximate surface area is 112 Å². The van der Waals surface area contributed by atoms with Gasteiger partial charge in [-0.3, -0.25) is 0 Å². The van der Waals surface area contributed by atoms with Crippen LogP contribution in [0.1, 0.15) is 5.69 Å². The van der Waals surface area contributed by atoms with Crippen molar-refractivity contribution in [3.05, 3.63) is 41.3 Å². The average Bonchev–Trinajstić information content (AvgIpc) is 2.38. The highest BCUT2D eigenvalue weighted by Crippen LogP contribution is 2.37. The highest BCUT2D eigenvalue weighted by Gasteiger charge is 2.36. The zero-order valence-corrected chi connectivity index (χ0v) is 10.5. The molecule has 0 amide bonds. The van der Waals surface area contributed by atoms with Crippen LogP contribution in [0.2, 0.25) is 5.02 Å². The van der Waals surface area contributed by atoms with Crippen LogP contribution >= 0.6 is 11.6 Å². The van der Waals surface area contributed by atoms with Crippen LogP contribution in [0.15, 0.2) is 30.6 Å². The lowest BCUT2D eigenvalue weighted by atomic mass is 10.1. The molecule has 0 aliphatic rings. The van der Waals surface area contributed by atoms with Gasteiger partial charge < -0.3 is 4.74 Å². The molecule has 0 N–H and O–H groups in total. The predicted octanol–water partition coefficient (Wildman–Crippen LogP) is 3.82. The molecule has 0 saturated carbocycles. The smallest absolute Gasteiger partial charge is 0.434 e. The maximum absolute atomic E-state index is 12.7. The third kappa shape index (κ3) is 2.78. The van der Waals surface area contributed by atoms with Gasteiger partial charge in [-0.05, 0) is 24.3 Å². The number of hydrogen-bond donors (Lipinski definition) is 0. The highest BCUT2D eigenvalue weighted by molar-refractivity contribution is 6.33. The van der Waals surface area contributed by atoms with Crippen molar-refractivity contribution in [1.82, 2.24) is 9.97 Å². The molecule has 1 heterocycles. The van der Waals surface area contributed by atoms with Gasteiger partial charge in [0.1, 0.15) is 12.1 Å². The number of hydrogen-bond acceptors (Lipinski definition) is 3. The van der Waals surface area contributed by atoms with Crippen LogP contribution in [-0.4, -0.2) is 17.1 Å². The summed E-state index contributed by atoms with van der Waals surface area (Å²) in [6.45, 7) is 0. The van der Waals surface area contributed by atoms with E-state index in [9.17, 15) is 13.2 Å². The number of methoxy groups -OCH3 is 1. The Morgan fingerprint density at radius 3 is 2.26 bits per heavy atom. The summed E-state index contributed by atoms with van der Waals surface area (Å²) in [6.07, 6.45) is -3.77. The predicted molar refractivity (Wildman–Crippen MR) is 64.0 cm³/mol. The van der Waals surface area contributed by atoms with Gasteiger partial charge in [-0.25, -0.2) is 9.97 Å². The second-order valence-electron chi connectivity index (χ2n) is 3.61. The van der Waals surface area contributed by atoms with E-state index in [4.69, 9.17) is 16.3 Å². The van der Waals surface area contributed by atoms with Crippen molar-refractivity contribution in [1.29, 1.82) is 0 Å². The molecule has 7 heteroatoms. The summed E-state index contributed by atoms with van der Waals surface area (Å²) in [5, 5.41) is -0.514. The van der Waals surface area contributed by atoms with Gasteiger partial charge in [-0.15, -0.1) is 0 Å². The lowest BCUT2D eigenvalue weighted by molar-refractivity contribution is -0.141. The summed E-state index contributed by atoms with van der Waals surface area (Å²) in [6, 6.07) is 6.38. The Balaban J connectivity index is 2.50. The van der Waals surface area contributed by atoms with Gasteiger partial charge in [0.15, 0.2) is 5.69 Å². The van der Waals surface area contributed by atoms with Crippen LogP contribution in [0.3, 0.4) is 0 Å². The average molecular weight is 289 g/mol. The molecule has 0 spiro atoms. The normalized spacial score (nSPS) is 11.4. The third-order valence-electron chi connectivity index (χ3n) is 2.42. The van der Waals surface area contributed by atoms with E-state index in [2.05, 4.69) is 9.97 Å². The van der Waals surface area contributed by atoms with Gasteiger partial charge >= 0.3 is 6.18 Å². The van der Waals surface area contributed by atoms with Gasteiger partial charge in [0, 0.05) is 5.56 Å². The number of nitrogens with zero attached hydrogens (tertiary/aromatic N) is 2. The fourth-order valence-corrected chi connectivity index (χ4v) is 1.83. The molecule has 100 valence electrons. The van der Waals surface area contributed by atoms with Crippen molar-refractivity contribution in [2.75, 3.05) is 7.11 Å². The zero-order valence-electron chi connectivity index (χ0n) is 9.70. The van der Waals surface area contributed by atoms with Crippen molar-refractivity contribution < 1.29 is 17.9 Å². The van der Waals surface area contributed by atoms with Crippen LogP contribution in [0, 0.1) is 0 Å². The molecule has 0 atom stereocenters. The molecule has 2 rings (SSSR count). The monoisotopic (exact) mass is 288 g/mol. The maximum atomic E-state index is 12.7. The molecule has 1 aromatic carbocycles. The molecular weight excluding hydrogens is 281 g/mol. The Bertz CT molecular complexity index is 585. The Hall–Kier alpha value is -1.82. The minimum atomic E-state index is -4.61. The summed E-state index contributed by atoms with van der Waals surface area (Å²) >= 11 is 5.73. The second-order valence-corrected chi connectivity index (χ2v) is 3.99. The first-order valence-electron chi connectivity index (χ1n) is 5.15. The van der Waals surface area contributed by atoms with Crippen molar-refractivity contribution in [3.8, 4) is 17.0 Å². The number of ether oxygens (including phenoxy) is 1. The van der Waals surface area contributed by atoms with Crippen LogP contribution in [0.5, 0.6) is 5.75 Å². The Morgan fingerprint density at radius 1 is 1.11 bits per heavy atom. The first kappa shape index (κ1) is 13.6. The first-order chi connectivity index (χ1) is 8.93. The fourth-order valence-electron chi connectivity index (χ4n) is 1.52. The van der Waals surface area contributed by atoms with E-state index in [0.717, 1.165) is 6.33 Å². The molecule has 0 radical (unpaired) electrons. The molecule has 0 saturated heterocycles. The third-order valence-corrected chi connectivity index (χ3v) is 2.78. The van der Waals surface area contributed by atoms with Gasteiger partial charge in [-0.2, -0.15) is 13.2 Å². The molecule has 1 aromatic heterocycles. The minimum absolute atomic E-state index is 0.0339. The first-order valence-corrected chi connectivity index (χ1v) is 5.53. The van der Waals surface area contributed by atoms with Gasteiger partial charge in [0.05, 0.1) is 17.8 Å². The number of aromatic nitrogens is 2. The number of alkyl halides is 3. The lowest BCUT2D eigenvalue weighted by Gasteiger charge is -2.10. The molecule has 2 aromatic rings. The van der Waals surface area contributed by atoms with Crippen LogP contribution in [0.25, 0.3) is 11.3 Å². The Morgan fingerprint density at radius 2 is 1.74 bits per heavy atom. The summed E-state index contributed by atoms with van der Waals surface area (Å²) in [5.41, 5.74) is -0.652. The summed E-state index contributed by atoms with van der Waals surface area (Å²) in [4.78, 5) is 6.97. The molecule has 19 heavy (non-hydrogen) atoms. The molecular formula is C12H8ClF3N2O. The summed E-state index contributed by atoms with van der Waals surface area (Å²) in [7, 11) is 1.49. The Kier molecular flexibility index (Phi) is 3.61. The largest absolute Gasteiger partial charge is 0.497 e. The van der Waals surface area contributed by atoms with E-state index in [-0.39, 0.29) is 5.69 Å². The quantitative estimate of drug-likeness (QED) is 0.842. The van der Waals surface area contributed by atoms with E-state index in [1.165, 1.54) is 7.11 Å². The summed E-state index contributed by atoms with van der Waals surface area (Å²) in [5.74, 6) is 0.588. The molecule has 0 bridgehead atoms. The van der Waals surface area contributed by atoms with Gasteiger partial charge in [0.25, 0.3) is 0 Å². The SMILES string of the molecule is COc1ccc(-c2ncnc(C(F)(F)F)c2Cl)cc1. The number of benzene rings is 1. The van der Waals surface area contributed by atoms with Gasteiger partial charge in [0.2, 0.25) is 0 Å². The highest BCUT2D eigenvalue weighted by atomic mass is 35.5. The maximum Gasteiger partial charge on any atom is 0.434 e. The topological polar surface area (TPSA) is 35.0 Å². The van der Waals surface area contributed by atoms with Gasteiger partial charge in [-0.1, -0.05) is 11.6 Å². The van der Waals surface area contributed by atoms with Crippen LogP contribution in [-0.2, 0) is 6.18 Å². The van der Waals surface area contributed by atoms with E-state index in [1.54, 1.807) is 24.3 Å². The van der Waals surface area contributed by atoms with E-state index in [0.29, 0.717) is 11.3 Å². The van der Waals surface area contributed by atoms with Crippen molar-refractivity contribution in [2.24, 2.45) is 0 Å². The summed E-state index contributed by atoms with van der Waals surface area (Å²) < 4.78 is 43.0. The molecule has 0 fully saturated rings.